The maximum atomic E-state index is 5.90. The van der Waals surface area contributed by atoms with E-state index in [2.05, 4.69) is 0 Å². The predicted octanol–water partition coefficient (Wildman–Crippen LogP) is 5.08. The minimum absolute atomic E-state index is 0. The Bertz CT molecular complexity index is 409. The topological polar surface area (TPSA) is 0 Å². The molecule has 0 bridgehead atoms. The minimum Gasteiger partial charge on any atom is -0.147 e. The second-order valence-corrected chi connectivity index (χ2v) is 3.89. The van der Waals surface area contributed by atoms with Crippen LogP contribution in [0.25, 0.3) is 11.1 Å². The van der Waals surface area contributed by atoms with E-state index >= 15 is 0 Å². The summed E-state index contributed by atoms with van der Waals surface area (Å²) in [5.74, 6) is 0. The number of rotatable bonds is 1. The standard InChI is InChI=1S/C12H8Cl2.ClH/c13-11-5-1-3-9(7-11)10-4-2-6-12(14)8-10;/h1-8H;1H. The van der Waals surface area contributed by atoms with Gasteiger partial charge in [0.1, 0.15) is 0 Å². The van der Waals surface area contributed by atoms with Gasteiger partial charge in [-0.1, -0.05) is 47.5 Å². The van der Waals surface area contributed by atoms with Crippen LogP contribution in [0.3, 0.4) is 0 Å². The summed E-state index contributed by atoms with van der Waals surface area (Å²) in [6, 6.07) is 15.4. The predicted molar refractivity (Wildman–Crippen MR) is 69.1 cm³/mol. The first kappa shape index (κ1) is 12.4. The van der Waals surface area contributed by atoms with Crippen molar-refractivity contribution in [2.24, 2.45) is 0 Å². The van der Waals surface area contributed by atoms with Crippen molar-refractivity contribution in [2.45, 2.75) is 0 Å². The lowest BCUT2D eigenvalue weighted by atomic mass is 10.1. The molecule has 3 heteroatoms. The van der Waals surface area contributed by atoms with E-state index < -0.39 is 0 Å². The highest BCUT2D eigenvalue weighted by Gasteiger charge is 1.98. The molecular weight excluding hydrogens is 250 g/mol. The molecule has 0 saturated carbocycles. The molecule has 0 spiro atoms. The highest BCUT2D eigenvalue weighted by molar-refractivity contribution is 6.31. The Labute approximate surface area is 105 Å². The highest BCUT2D eigenvalue weighted by atomic mass is 35.5. The number of hydrogen-bond acceptors (Lipinski definition) is 0. The minimum atomic E-state index is 0. The van der Waals surface area contributed by atoms with Gasteiger partial charge in [-0.2, -0.15) is 0 Å². The molecule has 2 rings (SSSR count). The van der Waals surface area contributed by atoms with Gasteiger partial charge in [0.25, 0.3) is 0 Å². The second-order valence-electron chi connectivity index (χ2n) is 3.02. The first-order valence-corrected chi connectivity index (χ1v) is 5.03. The maximum Gasteiger partial charge on any atom is 0.0412 e. The first-order chi connectivity index (χ1) is 6.75. The lowest BCUT2D eigenvalue weighted by molar-refractivity contribution is 1.62. The third kappa shape index (κ3) is 3.13. The Hall–Kier alpha value is -0.690. The molecule has 0 N–H and O–H groups in total. The van der Waals surface area contributed by atoms with Crippen LogP contribution in [0.4, 0.5) is 0 Å². The zero-order valence-electron chi connectivity index (χ0n) is 7.78. The summed E-state index contributed by atoms with van der Waals surface area (Å²) in [5, 5.41) is 1.48. The molecule has 0 aliphatic carbocycles. The van der Waals surface area contributed by atoms with Gasteiger partial charge in [-0.3, -0.25) is 0 Å². The van der Waals surface area contributed by atoms with E-state index in [1.807, 2.05) is 48.5 Å². The quantitative estimate of drug-likeness (QED) is 0.670. The van der Waals surface area contributed by atoms with Gasteiger partial charge in [0, 0.05) is 10.0 Å². The van der Waals surface area contributed by atoms with E-state index in [0.717, 1.165) is 21.2 Å². The fraction of sp³-hybridized carbons (Fsp3) is 0. The van der Waals surface area contributed by atoms with Gasteiger partial charge in [-0.05, 0) is 35.4 Å². The highest BCUT2D eigenvalue weighted by Crippen LogP contribution is 2.24. The van der Waals surface area contributed by atoms with Crippen LogP contribution in [-0.4, -0.2) is 0 Å². The van der Waals surface area contributed by atoms with Crippen molar-refractivity contribution in [2.75, 3.05) is 0 Å². The summed E-state index contributed by atoms with van der Waals surface area (Å²) >= 11 is 11.8. The summed E-state index contributed by atoms with van der Waals surface area (Å²) in [6.45, 7) is 0. The molecule has 0 aliphatic heterocycles. The normalized spacial score (nSPS) is 9.47. The van der Waals surface area contributed by atoms with Gasteiger partial charge in [0.2, 0.25) is 0 Å². The van der Waals surface area contributed by atoms with Crippen LogP contribution in [-0.2, 0) is 0 Å². The van der Waals surface area contributed by atoms with E-state index in [-0.39, 0.29) is 12.4 Å². The summed E-state index contributed by atoms with van der Waals surface area (Å²) in [5.41, 5.74) is 2.17. The SMILES string of the molecule is Cl.Clc1cccc(-c2cccc(Cl)c2)c1. The summed E-state index contributed by atoms with van der Waals surface area (Å²) in [6.07, 6.45) is 0. The molecule has 0 aliphatic rings. The molecule has 0 saturated heterocycles. The van der Waals surface area contributed by atoms with Gasteiger partial charge in [0.15, 0.2) is 0 Å². The van der Waals surface area contributed by atoms with Crippen LogP contribution < -0.4 is 0 Å². The molecule has 15 heavy (non-hydrogen) atoms. The van der Waals surface area contributed by atoms with E-state index in [9.17, 15) is 0 Å². The maximum absolute atomic E-state index is 5.90. The zero-order valence-corrected chi connectivity index (χ0v) is 10.1. The summed E-state index contributed by atoms with van der Waals surface area (Å²) in [4.78, 5) is 0. The Kier molecular flexibility index (Phi) is 4.46. The van der Waals surface area contributed by atoms with Gasteiger partial charge >= 0.3 is 0 Å². The fourth-order valence-electron chi connectivity index (χ4n) is 1.34. The Morgan fingerprint density at radius 3 is 1.40 bits per heavy atom. The molecule has 0 amide bonds. The third-order valence-corrected chi connectivity index (χ3v) is 2.45. The van der Waals surface area contributed by atoms with Gasteiger partial charge in [-0.25, -0.2) is 0 Å². The van der Waals surface area contributed by atoms with E-state index in [0.29, 0.717) is 0 Å². The Morgan fingerprint density at radius 1 is 0.667 bits per heavy atom. The van der Waals surface area contributed by atoms with Crippen LogP contribution in [0.15, 0.2) is 48.5 Å². The Morgan fingerprint density at radius 2 is 1.07 bits per heavy atom. The van der Waals surface area contributed by atoms with Crippen molar-refractivity contribution in [1.29, 1.82) is 0 Å². The van der Waals surface area contributed by atoms with Crippen LogP contribution >= 0.6 is 35.6 Å². The van der Waals surface area contributed by atoms with Gasteiger partial charge in [-0.15, -0.1) is 12.4 Å². The number of benzene rings is 2. The van der Waals surface area contributed by atoms with Crippen molar-refractivity contribution in [1.82, 2.24) is 0 Å². The summed E-state index contributed by atoms with van der Waals surface area (Å²) in [7, 11) is 0. The molecule has 2 aromatic rings. The van der Waals surface area contributed by atoms with Crippen LogP contribution in [0.2, 0.25) is 10.0 Å². The van der Waals surface area contributed by atoms with Crippen molar-refractivity contribution in [3.63, 3.8) is 0 Å². The fourth-order valence-corrected chi connectivity index (χ4v) is 1.72. The third-order valence-electron chi connectivity index (χ3n) is 1.98. The van der Waals surface area contributed by atoms with Crippen LogP contribution in [0.5, 0.6) is 0 Å². The zero-order chi connectivity index (χ0) is 9.97. The molecule has 0 nitrogen and oxygen atoms in total. The van der Waals surface area contributed by atoms with Gasteiger partial charge < -0.3 is 0 Å². The second kappa shape index (κ2) is 5.41. The number of halogens is 3. The van der Waals surface area contributed by atoms with Crippen LogP contribution in [0, 0.1) is 0 Å². The average molecular weight is 260 g/mol. The lowest BCUT2D eigenvalue weighted by Crippen LogP contribution is -1.76. The van der Waals surface area contributed by atoms with E-state index in [4.69, 9.17) is 23.2 Å². The molecule has 0 unspecified atom stereocenters. The van der Waals surface area contributed by atoms with E-state index in [1.165, 1.54) is 0 Å². The first-order valence-electron chi connectivity index (χ1n) is 4.27. The largest absolute Gasteiger partial charge is 0.147 e. The summed E-state index contributed by atoms with van der Waals surface area (Å²) < 4.78 is 0. The number of hydrogen-bond donors (Lipinski definition) is 0. The smallest absolute Gasteiger partial charge is 0.0412 e. The molecule has 0 fully saturated rings. The lowest BCUT2D eigenvalue weighted by Gasteiger charge is -2.02. The van der Waals surface area contributed by atoms with Crippen molar-refractivity contribution in [3.05, 3.63) is 58.6 Å². The molecule has 0 radical (unpaired) electrons. The van der Waals surface area contributed by atoms with Crippen molar-refractivity contribution < 1.29 is 0 Å². The Balaban J connectivity index is 0.00000112. The molecule has 0 atom stereocenters. The molecule has 78 valence electrons. The average Bonchev–Trinajstić information content (AvgIpc) is 2.18. The monoisotopic (exact) mass is 258 g/mol. The van der Waals surface area contributed by atoms with Crippen LogP contribution in [0.1, 0.15) is 0 Å². The molecular formula is C12H9Cl3. The molecule has 2 aromatic carbocycles. The van der Waals surface area contributed by atoms with Crippen molar-refractivity contribution in [3.8, 4) is 11.1 Å². The molecule has 0 heterocycles. The van der Waals surface area contributed by atoms with Gasteiger partial charge in [0.05, 0.1) is 0 Å². The van der Waals surface area contributed by atoms with Crippen molar-refractivity contribution >= 4 is 35.6 Å². The molecule has 0 aromatic heterocycles. The van der Waals surface area contributed by atoms with E-state index in [1.54, 1.807) is 0 Å².